The number of hydrogen-bond donors (Lipinski definition) is 2. The van der Waals surface area contributed by atoms with E-state index in [1.54, 1.807) is 41.2 Å². The summed E-state index contributed by atoms with van der Waals surface area (Å²) in [4.78, 5) is 21.3. The van der Waals surface area contributed by atoms with E-state index in [1.807, 2.05) is 0 Å². The van der Waals surface area contributed by atoms with Gasteiger partial charge in [0.1, 0.15) is 11.3 Å². The van der Waals surface area contributed by atoms with E-state index >= 15 is 0 Å². The van der Waals surface area contributed by atoms with E-state index in [1.165, 1.54) is 6.07 Å². The van der Waals surface area contributed by atoms with Gasteiger partial charge in [-0.25, -0.2) is 14.4 Å². The molecule has 0 saturated carbocycles. The van der Waals surface area contributed by atoms with Gasteiger partial charge in [0, 0.05) is 18.0 Å². The van der Waals surface area contributed by atoms with Gasteiger partial charge in [-0.15, -0.1) is 0 Å². The van der Waals surface area contributed by atoms with Gasteiger partial charge in [0.25, 0.3) is 0 Å². The predicted molar refractivity (Wildman–Crippen MR) is 99.6 cm³/mol. The van der Waals surface area contributed by atoms with Crippen LogP contribution in [0.15, 0.2) is 42.7 Å². The number of nitrogens with one attached hydrogen (secondary N) is 1. The molecule has 2 N–H and O–H groups in total. The van der Waals surface area contributed by atoms with Crippen LogP contribution >= 0.6 is 0 Å². The SMILES string of the molecule is O=C(C[C@H]1NCCC[C@@H]1O)Cn1cnc2ccc(-c3ccccc3F)nc21. The van der Waals surface area contributed by atoms with Gasteiger partial charge in [0.15, 0.2) is 11.4 Å². The first-order chi connectivity index (χ1) is 13.1. The zero-order valence-corrected chi connectivity index (χ0v) is 14.8. The fraction of sp³-hybridized carbons (Fsp3) is 0.350. The third-order valence-corrected chi connectivity index (χ3v) is 4.95. The molecule has 0 aliphatic carbocycles. The first-order valence-corrected chi connectivity index (χ1v) is 9.12. The first kappa shape index (κ1) is 17.8. The molecule has 3 heterocycles. The quantitative estimate of drug-likeness (QED) is 0.722. The number of Topliss-reactive ketones (excluding diaryl/α,β-unsaturated/α-hetero) is 1. The van der Waals surface area contributed by atoms with Crippen LogP contribution in [-0.2, 0) is 11.3 Å². The van der Waals surface area contributed by atoms with Crippen molar-refractivity contribution < 1.29 is 14.3 Å². The fourth-order valence-electron chi connectivity index (χ4n) is 3.52. The molecule has 0 amide bonds. The van der Waals surface area contributed by atoms with Crippen molar-refractivity contribution in [2.75, 3.05) is 6.54 Å². The maximum absolute atomic E-state index is 14.1. The van der Waals surface area contributed by atoms with Crippen molar-refractivity contribution in [3.8, 4) is 11.3 Å². The zero-order valence-electron chi connectivity index (χ0n) is 14.8. The number of carbonyl (C=O) groups is 1. The number of rotatable bonds is 5. The molecule has 6 nitrogen and oxygen atoms in total. The highest BCUT2D eigenvalue weighted by molar-refractivity contribution is 5.82. The van der Waals surface area contributed by atoms with Gasteiger partial charge < -0.3 is 15.0 Å². The Bertz CT molecular complexity index is 972. The summed E-state index contributed by atoms with van der Waals surface area (Å²) in [7, 11) is 0. The smallest absolute Gasteiger partial charge is 0.160 e. The number of aliphatic hydroxyl groups excluding tert-OH is 1. The lowest BCUT2D eigenvalue weighted by molar-refractivity contribution is -0.121. The Morgan fingerprint density at radius 1 is 1.30 bits per heavy atom. The molecule has 1 saturated heterocycles. The second-order valence-corrected chi connectivity index (χ2v) is 6.90. The minimum atomic E-state index is -0.493. The summed E-state index contributed by atoms with van der Waals surface area (Å²) in [6.07, 6.45) is 2.97. The molecule has 0 unspecified atom stereocenters. The fourth-order valence-corrected chi connectivity index (χ4v) is 3.52. The van der Waals surface area contributed by atoms with Gasteiger partial charge in [0.2, 0.25) is 0 Å². The van der Waals surface area contributed by atoms with Crippen LogP contribution in [0.2, 0.25) is 0 Å². The molecule has 2 atom stereocenters. The van der Waals surface area contributed by atoms with Gasteiger partial charge >= 0.3 is 0 Å². The van der Waals surface area contributed by atoms with Crippen molar-refractivity contribution in [2.24, 2.45) is 0 Å². The van der Waals surface area contributed by atoms with Gasteiger partial charge in [-0.1, -0.05) is 12.1 Å². The van der Waals surface area contributed by atoms with Crippen molar-refractivity contribution >= 4 is 16.9 Å². The molecule has 7 heteroatoms. The number of pyridine rings is 1. The van der Waals surface area contributed by atoms with Crippen LogP contribution in [-0.4, -0.2) is 44.1 Å². The highest BCUT2D eigenvalue weighted by atomic mass is 19.1. The van der Waals surface area contributed by atoms with E-state index < -0.39 is 6.10 Å². The van der Waals surface area contributed by atoms with Crippen molar-refractivity contribution in [1.82, 2.24) is 19.9 Å². The van der Waals surface area contributed by atoms with Crippen molar-refractivity contribution in [1.29, 1.82) is 0 Å². The standard InChI is InChI=1S/C20H21FN4O2/c21-15-5-2-1-4-14(15)16-7-8-17-20(24-16)25(12-23-17)11-13(26)10-18-19(27)6-3-9-22-18/h1-2,4-5,7-8,12,18-19,22,27H,3,6,9-11H2/t18-,19+/m1/s1. The minimum absolute atomic E-state index is 0.00848. The average molecular weight is 368 g/mol. The van der Waals surface area contributed by atoms with Crippen molar-refractivity contribution in [3.05, 3.63) is 48.5 Å². The molecule has 27 heavy (non-hydrogen) atoms. The lowest BCUT2D eigenvalue weighted by Gasteiger charge is -2.28. The van der Waals surface area contributed by atoms with E-state index in [2.05, 4.69) is 15.3 Å². The maximum Gasteiger partial charge on any atom is 0.160 e. The Morgan fingerprint density at radius 2 is 2.15 bits per heavy atom. The van der Waals surface area contributed by atoms with E-state index in [9.17, 15) is 14.3 Å². The summed E-state index contributed by atoms with van der Waals surface area (Å²) in [5.41, 5.74) is 2.10. The average Bonchev–Trinajstić information content (AvgIpc) is 3.06. The molecule has 0 bridgehead atoms. The summed E-state index contributed by atoms with van der Waals surface area (Å²) in [5.74, 6) is -0.352. The van der Waals surface area contributed by atoms with Gasteiger partial charge in [0.05, 0.1) is 24.7 Å². The molecule has 3 aromatic rings. The second-order valence-electron chi connectivity index (χ2n) is 6.90. The third-order valence-electron chi connectivity index (χ3n) is 4.95. The summed E-state index contributed by atoms with van der Waals surface area (Å²) in [6.45, 7) is 0.936. The number of aliphatic hydroxyl groups is 1. The highest BCUT2D eigenvalue weighted by Crippen LogP contribution is 2.23. The first-order valence-electron chi connectivity index (χ1n) is 9.12. The third kappa shape index (κ3) is 3.74. The van der Waals surface area contributed by atoms with Crippen LogP contribution in [0.3, 0.4) is 0 Å². The lowest BCUT2D eigenvalue weighted by atomic mass is 9.97. The van der Waals surface area contributed by atoms with Crippen LogP contribution in [0.4, 0.5) is 4.39 Å². The number of halogens is 1. The summed E-state index contributed by atoms with van der Waals surface area (Å²) in [5, 5.41) is 13.2. The van der Waals surface area contributed by atoms with Crippen molar-refractivity contribution in [2.45, 2.75) is 38.0 Å². The Hall–Kier alpha value is -2.64. The van der Waals surface area contributed by atoms with Crippen LogP contribution in [0.25, 0.3) is 22.4 Å². The molecular formula is C20H21FN4O2. The van der Waals surface area contributed by atoms with E-state index in [4.69, 9.17) is 0 Å². The number of carbonyl (C=O) groups excluding carboxylic acids is 1. The molecule has 1 aliphatic heterocycles. The van der Waals surface area contributed by atoms with Crippen LogP contribution in [0, 0.1) is 5.82 Å². The lowest BCUT2D eigenvalue weighted by Crippen LogP contribution is -2.46. The molecular weight excluding hydrogens is 347 g/mol. The van der Waals surface area contributed by atoms with Crippen LogP contribution in [0.5, 0.6) is 0 Å². The Kier molecular flexibility index (Phi) is 4.96. The van der Waals surface area contributed by atoms with E-state index in [-0.39, 0.29) is 30.6 Å². The number of aromatic nitrogens is 3. The van der Waals surface area contributed by atoms with E-state index in [0.29, 0.717) is 28.8 Å². The molecule has 4 rings (SSSR count). The molecule has 0 radical (unpaired) electrons. The molecule has 1 fully saturated rings. The van der Waals surface area contributed by atoms with Crippen LogP contribution < -0.4 is 5.32 Å². The topological polar surface area (TPSA) is 80.0 Å². The number of imidazole rings is 1. The summed E-state index contributed by atoms with van der Waals surface area (Å²) in [6, 6.07) is 9.75. The molecule has 140 valence electrons. The number of ketones is 1. The monoisotopic (exact) mass is 368 g/mol. The molecule has 0 spiro atoms. The number of piperidine rings is 1. The summed E-state index contributed by atoms with van der Waals surface area (Å²) >= 11 is 0. The van der Waals surface area contributed by atoms with Gasteiger partial charge in [-0.3, -0.25) is 4.79 Å². The van der Waals surface area contributed by atoms with Crippen LogP contribution in [0.1, 0.15) is 19.3 Å². The number of benzene rings is 1. The maximum atomic E-state index is 14.1. The molecule has 1 aromatic carbocycles. The molecule has 1 aliphatic rings. The Balaban J connectivity index is 1.56. The Morgan fingerprint density at radius 3 is 2.96 bits per heavy atom. The normalized spacial score (nSPS) is 20.1. The van der Waals surface area contributed by atoms with Gasteiger partial charge in [-0.05, 0) is 43.7 Å². The number of nitrogens with zero attached hydrogens (tertiary/aromatic N) is 3. The second kappa shape index (κ2) is 7.54. The predicted octanol–water partition coefficient (Wildman–Crippen LogP) is 2.31. The summed E-state index contributed by atoms with van der Waals surface area (Å²) < 4.78 is 15.7. The number of fused-ring (bicyclic) bond motifs is 1. The number of hydrogen-bond acceptors (Lipinski definition) is 5. The highest BCUT2D eigenvalue weighted by Gasteiger charge is 2.25. The van der Waals surface area contributed by atoms with Gasteiger partial charge in [-0.2, -0.15) is 0 Å². The molecule has 2 aromatic heterocycles. The minimum Gasteiger partial charge on any atom is -0.391 e. The Labute approximate surface area is 156 Å². The van der Waals surface area contributed by atoms with E-state index in [0.717, 1.165) is 13.0 Å². The largest absolute Gasteiger partial charge is 0.391 e. The van der Waals surface area contributed by atoms with Crippen molar-refractivity contribution in [3.63, 3.8) is 0 Å². The zero-order chi connectivity index (χ0) is 18.8.